The summed E-state index contributed by atoms with van der Waals surface area (Å²) in [5.41, 5.74) is 0.370. The van der Waals surface area contributed by atoms with Crippen LogP contribution in [0.5, 0.6) is 0 Å². The highest BCUT2D eigenvalue weighted by Crippen LogP contribution is 2.47. The molecular weight excluding hydrogens is 200 g/mol. The van der Waals surface area contributed by atoms with Crippen LogP contribution in [0.4, 0.5) is 0 Å². The molecule has 1 aliphatic carbocycles. The summed E-state index contributed by atoms with van der Waals surface area (Å²) in [4.78, 5) is 0. The molecular formula is C14H26O2. The van der Waals surface area contributed by atoms with Gasteiger partial charge in [0.25, 0.3) is 0 Å². The van der Waals surface area contributed by atoms with Gasteiger partial charge in [0.2, 0.25) is 0 Å². The molecule has 0 aromatic carbocycles. The van der Waals surface area contributed by atoms with Crippen molar-refractivity contribution in [2.45, 2.75) is 78.3 Å². The van der Waals surface area contributed by atoms with Crippen LogP contribution in [0.15, 0.2) is 0 Å². The minimum Gasteiger partial charge on any atom is -0.344 e. The average molecular weight is 226 g/mol. The van der Waals surface area contributed by atoms with E-state index in [1.54, 1.807) is 0 Å². The van der Waals surface area contributed by atoms with Crippen molar-refractivity contribution < 1.29 is 9.47 Å². The summed E-state index contributed by atoms with van der Waals surface area (Å²) in [6, 6.07) is 0. The molecule has 94 valence electrons. The normalized spacial score (nSPS) is 45.2. The third kappa shape index (κ3) is 2.28. The lowest BCUT2D eigenvalue weighted by molar-refractivity contribution is -0.208. The first-order valence-corrected chi connectivity index (χ1v) is 6.68. The highest BCUT2D eigenvalue weighted by Gasteiger charge is 2.48. The maximum absolute atomic E-state index is 6.11. The Bertz CT molecular complexity index is 244. The zero-order chi connectivity index (χ0) is 12.0. The third-order valence-corrected chi connectivity index (χ3v) is 4.35. The Morgan fingerprint density at radius 2 is 1.62 bits per heavy atom. The van der Waals surface area contributed by atoms with Crippen molar-refractivity contribution in [1.29, 1.82) is 0 Å². The summed E-state index contributed by atoms with van der Waals surface area (Å²) in [7, 11) is 0. The Balaban J connectivity index is 2.07. The van der Waals surface area contributed by atoms with Crippen molar-refractivity contribution in [2.24, 2.45) is 11.3 Å². The maximum atomic E-state index is 6.11. The first-order valence-electron chi connectivity index (χ1n) is 6.68. The van der Waals surface area contributed by atoms with Gasteiger partial charge in [-0.3, -0.25) is 0 Å². The zero-order valence-electron chi connectivity index (χ0n) is 11.4. The molecule has 2 nitrogen and oxygen atoms in total. The van der Waals surface area contributed by atoms with E-state index in [9.17, 15) is 0 Å². The average Bonchev–Trinajstić information content (AvgIpc) is 2.40. The molecule has 2 fully saturated rings. The fourth-order valence-electron chi connectivity index (χ4n) is 3.05. The summed E-state index contributed by atoms with van der Waals surface area (Å²) in [6.07, 6.45) is 5.21. The van der Waals surface area contributed by atoms with Gasteiger partial charge < -0.3 is 9.47 Å². The summed E-state index contributed by atoms with van der Waals surface area (Å²) in [5, 5.41) is 0. The van der Waals surface area contributed by atoms with E-state index < -0.39 is 0 Å². The lowest BCUT2D eigenvalue weighted by Crippen LogP contribution is -2.40. The molecule has 16 heavy (non-hydrogen) atoms. The fraction of sp³-hybridized carbons (Fsp3) is 1.00. The molecule has 0 N–H and O–H groups in total. The van der Waals surface area contributed by atoms with E-state index in [0.29, 0.717) is 5.41 Å². The molecule has 1 saturated carbocycles. The molecule has 1 spiro atoms. The van der Waals surface area contributed by atoms with Crippen molar-refractivity contribution >= 4 is 0 Å². The fourth-order valence-corrected chi connectivity index (χ4v) is 3.05. The number of hydrogen-bond acceptors (Lipinski definition) is 2. The molecule has 1 saturated heterocycles. The minimum atomic E-state index is -0.255. The van der Waals surface area contributed by atoms with Crippen molar-refractivity contribution in [2.75, 3.05) is 0 Å². The van der Waals surface area contributed by atoms with Gasteiger partial charge in [-0.2, -0.15) is 0 Å². The van der Waals surface area contributed by atoms with Gasteiger partial charge in [0.05, 0.1) is 12.2 Å². The van der Waals surface area contributed by atoms with Crippen LogP contribution in [0, 0.1) is 11.3 Å². The highest BCUT2D eigenvalue weighted by atomic mass is 16.8. The van der Waals surface area contributed by atoms with Gasteiger partial charge in [0, 0.05) is 12.8 Å². The molecule has 2 aliphatic rings. The predicted octanol–water partition coefficient (Wildman–Crippen LogP) is 3.74. The Kier molecular flexibility index (Phi) is 3.09. The van der Waals surface area contributed by atoms with Gasteiger partial charge in [-0.15, -0.1) is 0 Å². The van der Waals surface area contributed by atoms with Crippen molar-refractivity contribution in [3.63, 3.8) is 0 Å². The van der Waals surface area contributed by atoms with Crippen LogP contribution >= 0.6 is 0 Å². The molecule has 0 aromatic heterocycles. The number of hydrogen-bond donors (Lipinski definition) is 0. The smallest absolute Gasteiger partial charge is 0.169 e. The summed E-state index contributed by atoms with van der Waals surface area (Å²) in [6.45, 7) is 11.2. The lowest BCUT2D eigenvalue weighted by atomic mass is 9.70. The molecule has 1 aliphatic heterocycles. The summed E-state index contributed by atoms with van der Waals surface area (Å²) < 4.78 is 12.2. The first kappa shape index (κ1) is 12.4. The van der Waals surface area contributed by atoms with Crippen molar-refractivity contribution in [3.05, 3.63) is 0 Å². The van der Waals surface area contributed by atoms with Crippen LogP contribution < -0.4 is 0 Å². The molecule has 0 amide bonds. The Morgan fingerprint density at radius 3 is 2.12 bits per heavy atom. The number of rotatable bonds is 0. The second-order valence-corrected chi connectivity index (χ2v) is 6.72. The SMILES string of the molecule is CC1OC2(CCCC(C(C)(C)C)C2)OC1C. The maximum Gasteiger partial charge on any atom is 0.169 e. The third-order valence-electron chi connectivity index (χ3n) is 4.35. The minimum absolute atomic E-state index is 0.249. The Hall–Kier alpha value is -0.0800. The van der Waals surface area contributed by atoms with Gasteiger partial charge in [0.15, 0.2) is 5.79 Å². The second-order valence-electron chi connectivity index (χ2n) is 6.72. The predicted molar refractivity (Wildman–Crippen MR) is 65.2 cm³/mol. The number of ether oxygens (including phenoxy) is 2. The Labute approximate surface area is 99.7 Å². The summed E-state index contributed by atoms with van der Waals surface area (Å²) >= 11 is 0. The quantitative estimate of drug-likeness (QED) is 0.626. The topological polar surface area (TPSA) is 18.5 Å². The molecule has 3 atom stereocenters. The summed E-state index contributed by atoms with van der Waals surface area (Å²) in [5.74, 6) is 0.466. The highest BCUT2D eigenvalue weighted by molar-refractivity contribution is 4.91. The van der Waals surface area contributed by atoms with E-state index in [1.807, 2.05) is 0 Å². The van der Waals surface area contributed by atoms with Crippen LogP contribution in [0.3, 0.4) is 0 Å². The van der Waals surface area contributed by atoms with E-state index in [-0.39, 0.29) is 18.0 Å². The zero-order valence-corrected chi connectivity index (χ0v) is 11.4. The van der Waals surface area contributed by atoms with Crippen LogP contribution in [0.1, 0.15) is 60.3 Å². The van der Waals surface area contributed by atoms with Gasteiger partial charge in [-0.25, -0.2) is 0 Å². The lowest BCUT2D eigenvalue weighted by Gasteiger charge is -2.42. The van der Waals surface area contributed by atoms with Crippen LogP contribution in [0.25, 0.3) is 0 Å². The van der Waals surface area contributed by atoms with E-state index in [2.05, 4.69) is 34.6 Å². The van der Waals surface area contributed by atoms with E-state index in [0.717, 1.165) is 18.8 Å². The van der Waals surface area contributed by atoms with Crippen molar-refractivity contribution in [1.82, 2.24) is 0 Å². The molecule has 3 unspecified atom stereocenters. The molecule has 0 radical (unpaired) electrons. The van der Waals surface area contributed by atoms with Gasteiger partial charge >= 0.3 is 0 Å². The standard InChI is InChI=1S/C14H26O2/c1-10-11(2)16-14(15-10)8-6-7-12(9-14)13(3,4)5/h10-12H,6-9H2,1-5H3. The molecule has 0 aromatic rings. The van der Waals surface area contributed by atoms with Gasteiger partial charge in [0.1, 0.15) is 0 Å². The molecule has 0 bridgehead atoms. The monoisotopic (exact) mass is 226 g/mol. The van der Waals surface area contributed by atoms with Crippen LogP contribution in [0.2, 0.25) is 0 Å². The first-order chi connectivity index (χ1) is 7.32. The van der Waals surface area contributed by atoms with Crippen LogP contribution in [-0.4, -0.2) is 18.0 Å². The van der Waals surface area contributed by atoms with E-state index in [1.165, 1.54) is 12.8 Å². The molecule has 1 heterocycles. The molecule has 2 rings (SSSR count). The van der Waals surface area contributed by atoms with Gasteiger partial charge in [-0.1, -0.05) is 20.8 Å². The molecule has 2 heteroatoms. The van der Waals surface area contributed by atoms with E-state index in [4.69, 9.17) is 9.47 Å². The van der Waals surface area contributed by atoms with Crippen molar-refractivity contribution in [3.8, 4) is 0 Å². The second kappa shape index (κ2) is 3.99. The van der Waals surface area contributed by atoms with Gasteiger partial charge in [-0.05, 0) is 38.0 Å². The largest absolute Gasteiger partial charge is 0.344 e. The Morgan fingerprint density at radius 1 is 1.06 bits per heavy atom. The van der Waals surface area contributed by atoms with Crippen LogP contribution in [-0.2, 0) is 9.47 Å². The van der Waals surface area contributed by atoms with E-state index >= 15 is 0 Å².